The largest absolute Gasteiger partial charge is 0.490 e. The quantitative estimate of drug-likeness (QED) is 0.439. The lowest BCUT2D eigenvalue weighted by Gasteiger charge is -2.35. The van der Waals surface area contributed by atoms with Gasteiger partial charge in [0.05, 0.1) is 29.4 Å². The Kier molecular flexibility index (Phi) is 9.91. The van der Waals surface area contributed by atoms with Gasteiger partial charge in [0.2, 0.25) is 0 Å². The topological polar surface area (TPSA) is 129 Å². The van der Waals surface area contributed by atoms with Crippen molar-refractivity contribution in [3.05, 3.63) is 60.0 Å². The van der Waals surface area contributed by atoms with E-state index in [1.807, 2.05) is 47.5 Å². The van der Waals surface area contributed by atoms with Crippen LogP contribution in [0.1, 0.15) is 34.9 Å². The van der Waals surface area contributed by atoms with Gasteiger partial charge in [0.25, 0.3) is 5.91 Å². The molecule has 0 spiro atoms. The molecule has 1 aromatic carbocycles. The van der Waals surface area contributed by atoms with Crippen molar-refractivity contribution in [1.29, 1.82) is 0 Å². The minimum atomic E-state index is -5.08. The average Bonchev–Trinajstić information content (AvgIpc) is 3.60. The second kappa shape index (κ2) is 13.0. The lowest BCUT2D eigenvalue weighted by molar-refractivity contribution is -0.193. The molecule has 1 saturated heterocycles. The van der Waals surface area contributed by atoms with Crippen molar-refractivity contribution in [3.8, 4) is 0 Å². The summed E-state index contributed by atoms with van der Waals surface area (Å²) in [7, 11) is 0. The van der Waals surface area contributed by atoms with Crippen molar-refractivity contribution in [2.45, 2.75) is 37.8 Å². The van der Waals surface area contributed by atoms with Crippen molar-refractivity contribution in [2.24, 2.45) is 0 Å². The Morgan fingerprint density at radius 2 is 1.51 bits per heavy atom. The highest BCUT2D eigenvalue weighted by molar-refractivity contribution is 5.97. The fraction of sp³-hybridized carbons (Fsp3) is 0.400. The van der Waals surface area contributed by atoms with Gasteiger partial charge in [-0.2, -0.15) is 31.4 Å². The van der Waals surface area contributed by atoms with Crippen LogP contribution in [0.3, 0.4) is 0 Å². The highest BCUT2D eigenvalue weighted by Crippen LogP contribution is 2.25. The number of benzene rings is 1. The number of carboxylic acids is 2. The number of para-hydroxylation sites is 1. The number of fused-ring (bicyclic) bond motifs is 2. The summed E-state index contributed by atoms with van der Waals surface area (Å²) >= 11 is 0. The van der Waals surface area contributed by atoms with E-state index in [1.165, 1.54) is 12.8 Å². The van der Waals surface area contributed by atoms with Crippen LogP contribution in [0.5, 0.6) is 0 Å². The third-order valence-electron chi connectivity index (χ3n) is 6.16. The second-order valence-corrected chi connectivity index (χ2v) is 9.14. The normalized spacial score (nSPS) is 17.1. The first-order chi connectivity index (χ1) is 19.2. The summed E-state index contributed by atoms with van der Waals surface area (Å²) in [4.78, 5) is 39.9. The maximum Gasteiger partial charge on any atom is 0.490 e. The summed E-state index contributed by atoms with van der Waals surface area (Å²) in [6.07, 6.45) is -4.09. The molecule has 5 rings (SSSR count). The molecule has 2 aliphatic rings. The summed E-state index contributed by atoms with van der Waals surface area (Å²) in [6.45, 7) is 4.54. The molecule has 1 fully saturated rings. The molecule has 0 saturated carbocycles. The SMILES string of the molecule is O=C(O)C(F)(F)F.O=C(O)C(F)(F)F.O=C(c1cnc2ccccc2c1)N1Cc2ccnn2C(CN2CCCC2)C1. The number of carboxylic acid groups (broad SMARTS) is 2. The summed E-state index contributed by atoms with van der Waals surface area (Å²) in [5.74, 6) is -5.47. The first-order valence-electron chi connectivity index (χ1n) is 12.2. The lowest BCUT2D eigenvalue weighted by Crippen LogP contribution is -2.45. The van der Waals surface area contributed by atoms with Crippen LogP contribution in [0.15, 0.2) is 48.8 Å². The molecule has 2 N–H and O–H groups in total. The molecule has 222 valence electrons. The van der Waals surface area contributed by atoms with Crippen molar-refractivity contribution in [1.82, 2.24) is 24.6 Å². The molecule has 1 atom stereocenters. The molecule has 0 radical (unpaired) electrons. The number of carbonyl (C=O) groups is 3. The van der Waals surface area contributed by atoms with Gasteiger partial charge in [-0.05, 0) is 44.1 Å². The first-order valence-corrected chi connectivity index (χ1v) is 12.2. The van der Waals surface area contributed by atoms with Crippen LogP contribution >= 0.6 is 0 Å². The van der Waals surface area contributed by atoms with Gasteiger partial charge in [-0.3, -0.25) is 14.5 Å². The molecule has 0 bridgehead atoms. The molecule has 2 aromatic heterocycles. The Labute approximate surface area is 228 Å². The van der Waals surface area contributed by atoms with E-state index < -0.39 is 24.3 Å². The van der Waals surface area contributed by atoms with Gasteiger partial charge in [0.15, 0.2) is 0 Å². The predicted molar refractivity (Wildman–Crippen MR) is 131 cm³/mol. The molecule has 1 unspecified atom stereocenters. The summed E-state index contributed by atoms with van der Waals surface area (Å²) in [6, 6.07) is 12.1. The van der Waals surface area contributed by atoms with E-state index in [9.17, 15) is 31.1 Å². The van der Waals surface area contributed by atoms with Crippen molar-refractivity contribution < 1.29 is 50.9 Å². The molecule has 41 heavy (non-hydrogen) atoms. The zero-order chi connectivity index (χ0) is 30.4. The van der Waals surface area contributed by atoms with Crippen LogP contribution in [0.25, 0.3) is 10.9 Å². The molecular formula is C25H25F6N5O5. The highest BCUT2D eigenvalue weighted by atomic mass is 19.4. The zero-order valence-electron chi connectivity index (χ0n) is 21.3. The Bertz CT molecular complexity index is 1350. The zero-order valence-corrected chi connectivity index (χ0v) is 21.3. The number of aromatic nitrogens is 3. The number of hydrogen-bond acceptors (Lipinski definition) is 6. The molecule has 10 nitrogen and oxygen atoms in total. The van der Waals surface area contributed by atoms with Crippen molar-refractivity contribution in [2.75, 3.05) is 26.2 Å². The van der Waals surface area contributed by atoms with E-state index in [0.29, 0.717) is 18.7 Å². The van der Waals surface area contributed by atoms with Gasteiger partial charge in [0.1, 0.15) is 0 Å². The third kappa shape index (κ3) is 8.64. The van der Waals surface area contributed by atoms with E-state index in [0.717, 1.165) is 36.2 Å². The second-order valence-electron chi connectivity index (χ2n) is 9.14. The van der Waals surface area contributed by atoms with E-state index in [-0.39, 0.29) is 11.9 Å². The number of halogens is 6. The van der Waals surface area contributed by atoms with Crippen LogP contribution in [0.4, 0.5) is 26.3 Å². The number of likely N-dealkylation sites (tertiary alicyclic amines) is 1. The molecule has 4 heterocycles. The third-order valence-corrected chi connectivity index (χ3v) is 6.16. The number of carbonyl (C=O) groups excluding carboxylic acids is 1. The number of pyridine rings is 1. The van der Waals surface area contributed by atoms with Gasteiger partial charge in [-0.25, -0.2) is 9.59 Å². The molecule has 0 aliphatic carbocycles. The number of hydrogen-bond donors (Lipinski definition) is 2. The van der Waals surface area contributed by atoms with Crippen LogP contribution in [0, 0.1) is 0 Å². The minimum Gasteiger partial charge on any atom is -0.475 e. The van der Waals surface area contributed by atoms with Crippen LogP contribution < -0.4 is 0 Å². The van der Waals surface area contributed by atoms with Gasteiger partial charge in [-0.1, -0.05) is 18.2 Å². The number of aliphatic carboxylic acids is 2. The standard InChI is InChI=1S/C21H23N5O.2C2HF3O2/c27-21(17-11-16-5-1-2-6-20(16)22-12-17)25-14-18-7-8-23-26(18)19(15-25)13-24-9-3-4-10-24;2*3-2(4,5)1(6)7/h1-2,5-8,11-12,19H,3-4,9-10,13-15H2;2*(H,6,7). The van der Waals surface area contributed by atoms with Crippen LogP contribution in [-0.2, 0) is 16.1 Å². The Morgan fingerprint density at radius 3 is 2.10 bits per heavy atom. The smallest absolute Gasteiger partial charge is 0.475 e. The first kappa shape index (κ1) is 31.3. The summed E-state index contributed by atoms with van der Waals surface area (Å²) < 4.78 is 65.6. The molecule has 1 amide bonds. The fourth-order valence-electron chi connectivity index (χ4n) is 4.31. The number of amides is 1. The lowest BCUT2D eigenvalue weighted by atomic mass is 10.1. The molecule has 2 aliphatic heterocycles. The van der Waals surface area contributed by atoms with E-state index >= 15 is 0 Å². The van der Waals surface area contributed by atoms with Gasteiger partial charge < -0.3 is 20.0 Å². The average molecular weight is 589 g/mol. The van der Waals surface area contributed by atoms with E-state index in [1.54, 1.807) is 6.20 Å². The van der Waals surface area contributed by atoms with Gasteiger partial charge >= 0.3 is 24.3 Å². The van der Waals surface area contributed by atoms with Crippen molar-refractivity contribution in [3.63, 3.8) is 0 Å². The minimum absolute atomic E-state index is 0.0483. The Hall–Kier alpha value is -4.21. The number of alkyl halides is 6. The molecular weight excluding hydrogens is 564 g/mol. The fourth-order valence-corrected chi connectivity index (χ4v) is 4.31. The molecule has 3 aromatic rings. The maximum atomic E-state index is 13.2. The summed E-state index contributed by atoms with van der Waals surface area (Å²) in [5, 5.41) is 19.8. The monoisotopic (exact) mass is 589 g/mol. The number of nitrogens with zero attached hydrogens (tertiary/aromatic N) is 5. The van der Waals surface area contributed by atoms with E-state index in [2.05, 4.69) is 19.7 Å². The highest BCUT2D eigenvalue weighted by Gasteiger charge is 2.39. The summed E-state index contributed by atoms with van der Waals surface area (Å²) in [5.41, 5.74) is 2.67. The van der Waals surface area contributed by atoms with E-state index in [4.69, 9.17) is 19.8 Å². The Morgan fingerprint density at radius 1 is 0.927 bits per heavy atom. The van der Waals surface area contributed by atoms with Gasteiger partial charge in [0, 0.05) is 30.9 Å². The van der Waals surface area contributed by atoms with Crippen LogP contribution in [-0.4, -0.2) is 91.2 Å². The number of rotatable bonds is 3. The van der Waals surface area contributed by atoms with Gasteiger partial charge in [-0.15, -0.1) is 0 Å². The maximum absolute atomic E-state index is 13.2. The van der Waals surface area contributed by atoms with Crippen molar-refractivity contribution >= 4 is 28.7 Å². The van der Waals surface area contributed by atoms with Crippen LogP contribution in [0.2, 0.25) is 0 Å². The molecule has 16 heteroatoms. The Balaban J connectivity index is 0.000000276. The predicted octanol–water partition coefficient (Wildman–Crippen LogP) is 3.99.